The maximum Gasteiger partial charge on any atom is 0.241 e. The lowest BCUT2D eigenvalue weighted by molar-refractivity contribution is -0.117. The second-order valence-electron chi connectivity index (χ2n) is 6.03. The Balaban J connectivity index is 1.68. The molecule has 0 radical (unpaired) electrons. The fourth-order valence-corrected chi connectivity index (χ4v) is 3.79. The van der Waals surface area contributed by atoms with Gasteiger partial charge in [-0.25, -0.2) is 0 Å². The van der Waals surface area contributed by atoms with Gasteiger partial charge in [0, 0.05) is 6.04 Å². The van der Waals surface area contributed by atoms with Gasteiger partial charge in [0.25, 0.3) is 0 Å². The predicted octanol–water partition coefficient (Wildman–Crippen LogP) is 3.51. The largest absolute Gasteiger partial charge is 0.323 e. The molecule has 1 aromatic carbocycles. The maximum atomic E-state index is 12.4. The highest BCUT2D eigenvalue weighted by Crippen LogP contribution is 2.34. The van der Waals surface area contributed by atoms with E-state index in [-0.39, 0.29) is 11.9 Å². The molecule has 3 unspecified atom stereocenters. The van der Waals surface area contributed by atoms with Crippen LogP contribution in [0.4, 0.5) is 5.69 Å². The molecule has 1 heterocycles. The van der Waals surface area contributed by atoms with Crippen LogP contribution in [0.2, 0.25) is 5.02 Å². The van der Waals surface area contributed by atoms with Gasteiger partial charge >= 0.3 is 0 Å². The van der Waals surface area contributed by atoms with Gasteiger partial charge in [0.15, 0.2) is 0 Å². The number of amides is 1. The molecule has 3 atom stereocenters. The van der Waals surface area contributed by atoms with E-state index in [1.165, 1.54) is 25.7 Å². The number of hydrogen-bond acceptors (Lipinski definition) is 2. The van der Waals surface area contributed by atoms with Gasteiger partial charge in [-0.15, -0.1) is 0 Å². The molecule has 1 aliphatic heterocycles. The van der Waals surface area contributed by atoms with E-state index in [2.05, 4.69) is 10.6 Å². The van der Waals surface area contributed by atoms with Gasteiger partial charge in [-0.05, 0) is 43.7 Å². The van der Waals surface area contributed by atoms with Crippen molar-refractivity contribution in [3.63, 3.8) is 0 Å². The zero-order valence-electron chi connectivity index (χ0n) is 11.8. The van der Waals surface area contributed by atoms with E-state index in [0.29, 0.717) is 17.0 Å². The van der Waals surface area contributed by atoms with Gasteiger partial charge in [0.05, 0.1) is 16.8 Å². The SMILES string of the molecule is Cc1cccc(Cl)c1NC(=O)C1CC2CCCCC2N1. The summed E-state index contributed by atoms with van der Waals surface area (Å²) in [4.78, 5) is 12.4. The van der Waals surface area contributed by atoms with E-state index in [1.807, 2.05) is 25.1 Å². The minimum Gasteiger partial charge on any atom is -0.323 e. The Morgan fingerprint density at radius 1 is 1.35 bits per heavy atom. The molecule has 108 valence electrons. The molecule has 1 saturated heterocycles. The van der Waals surface area contributed by atoms with E-state index < -0.39 is 0 Å². The number of carbonyl (C=O) groups is 1. The van der Waals surface area contributed by atoms with Gasteiger partial charge in [-0.1, -0.05) is 36.6 Å². The van der Waals surface area contributed by atoms with Crippen molar-refractivity contribution in [1.29, 1.82) is 0 Å². The molecule has 0 spiro atoms. The summed E-state index contributed by atoms with van der Waals surface area (Å²) in [5.41, 5.74) is 1.75. The molecule has 4 heteroatoms. The quantitative estimate of drug-likeness (QED) is 0.876. The van der Waals surface area contributed by atoms with E-state index in [1.54, 1.807) is 0 Å². The third-order valence-electron chi connectivity index (χ3n) is 4.65. The molecule has 2 fully saturated rings. The smallest absolute Gasteiger partial charge is 0.241 e. The summed E-state index contributed by atoms with van der Waals surface area (Å²) in [6.45, 7) is 1.96. The average molecular weight is 293 g/mol. The van der Waals surface area contributed by atoms with Crippen LogP contribution in [0.15, 0.2) is 18.2 Å². The Morgan fingerprint density at radius 3 is 2.90 bits per heavy atom. The highest BCUT2D eigenvalue weighted by Gasteiger charge is 2.38. The average Bonchev–Trinajstić information content (AvgIpc) is 2.87. The minimum atomic E-state index is -0.0706. The molecular formula is C16H21ClN2O. The van der Waals surface area contributed by atoms with Crippen LogP contribution in [0.25, 0.3) is 0 Å². The molecule has 0 aromatic heterocycles. The second-order valence-corrected chi connectivity index (χ2v) is 6.43. The highest BCUT2D eigenvalue weighted by atomic mass is 35.5. The van der Waals surface area contributed by atoms with Gasteiger partial charge in [0.2, 0.25) is 5.91 Å². The molecular weight excluding hydrogens is 272 g/mol. The first-order valence-corrected chi connectivity index (χ1v) is 7.85. The Labute approximate surface area is 125 Å². The van der Waals surface area contributed by atoms with E-state index in [9.17, 15) is 4.79 Å². The fraction of sp³-hybridized carbons (Fsp3) is 0.562. The van der Waals surface area contributed by atoms with Crippen molar-refractivity contribution in [2.75, 3.05) is 5.32 Å². The minimum absolute atomic E-state index is 0.0515. The van der Waals surface area contributed by atoms with Crippen molar-refractivity contribution >= 4 is 23.2 Å². The Kier molecular flexibility index (Phi) is 3.99. The van der Waals surface area contributed by atoms with Crippen molar-refractivity contribution in [2.45, 2.75) is 51.1 Å². The zero-order chi connectivity index (χ0) is 14.1. The monoisotopic (exact) mass is 292 g/mol. The molecule has 1 aromatic rings. The number of aryl methyl sites for hydroxylation is 1. The van der Waals surface area contributed by atoms with Crippen molar-refractivity contribution in [2.24, 2.45) is 5.92 Å². The lowest BCUT2D eigenvalue weighted by Crippen LogP contribution is -2.40. The van der Waals surface area contributed by atoms with Gasteiger partial charge in [-0.3, -0.25) is 4.79 Å². The fourth-order valence-electron chi connectivity index (χ4n) is 3.52. The summed E-state index contributed by atoms with van der Waals surface area (Å²) in [6.07, 6.45) is 6.01. The number of anilines is 1. The highest BCUT2D eigenvalue weighted by molar-refractivity contribution is 6.34. The van der Waals surface area contributed by atoms with Gasteiger partial charge in [-0.2, -0.15) is 0 Å². The third-order valence-corrected chi connectivity index (χ3v) is 4.96. The van der Waals surface area contributed by atoms with Gasteiger partial charge < -0.3 is 10.6 Å². The Hall–Kier alpha value is -1.06. The van der Waals surface area contributed by atoms with Crippen LogP contribution in [0, 0.1) is 12.8 Å². The van der Waals surface area contributed by atoms with Crippen LogP contribution in [0.1, 0.15) is 37.7 Å². The van der Waals surface area contributed by atoms with Crippen LogP contribution in [0.5, 0.6) is 0 Å². The first kappa shape index (κ1) is 13.9. The molecule has 0 bridgehead atoms. The topological polar surface area (TPSA) is 41.1 Å². The van der Waals surface area contributed by atoms with Gasteiger partial charge in [0.1, 0.15) is 0 Å². The third kappa shape index (κ3) is 2.70. The summed E-state index contributed by atoms with van der Waals surface area (Å²) in [5, 5.41) is 7.10. The number of halogens is 1. The zero-order valence-corrected chi connectivity index (χ0v) is 12.5. The van der Waals surface area contributed by atoms with Crippen LogP contribution < -0.4 is 10.6 Å². The maximum absolute atomic E-state index is 12.4. The van der Waals surface area contributed by atoms with Crippen molar-refractivity contribution < 1.29 is 4.79 Å². The summed E-state index contributed by atoms with van der Waals surface area (Å²) in [5.74, 6) is 0.724. The van der Waals surface area contributed by atoms with Crippen molar-refractivity contribution in [1.82, 2.24) is 5.32 Å². The molecule has 1 aliphatic carbocycles. The molecule has 3 nitrogen and oxygen atoms in total. The van der Waals surface area contributed by atoms with Crippen LogP contribution in [-0.4, -0.2) is 18.0 Å². The lowest BCUT2D eigenvalue weighted by atomic mass is 9.85. The lowest BCUT2D eigenvalue weighted by Gasteiger charge is -2.24. The van der Waals surface area contributed by atoms with Crippen molar-refractivity contribution in [3.05, 3.63) is 28.8 Å². The van der Waals surface area contributed by atoms with Crippen LogP contribution >= 0.6 is 11.6 Å². The van der Waals surface area contributed by atoms with E-state index >= 15 is 0 Å². The van der Waals surface area contributed by atoms with Crippen LogP contribution in [0.3, 0.4) is 0 Å². The van der Waals surface area contributed by atoms with E-state index in [0.717, 1.165) is 17.7 Å². The molecule has 3 rings (SSSR count). The predicted molar refractivity (Wildman–Crippen MR) is 82.1 cm³/mol. The number of rotatable bonds is 2. The molecule has 1 amide bonds. The molecule has 20 heavy (non-hydrogen) atoms. The number of benzene rings is 1. The number of fused-ring (bicyclic) bond motifs is 1. The summed E-state index contributed by atoms with van der Waals surface area (Å²) in [7, 11) is 0. The molecule has 2 N–H and O–H groups in total. The normalized spacial score (nSPS) is 29.0. The van der Waals surface area contributed by atoms with Crippen molar-refractivity contribution in [3.8, 4) is 0 Å². The second kappa shape index (κ2) is 5.74. The standard InChI is InChI=1S/C16H21ClN2O/c1-10-5-4-7-12(17)15(10)19-16(20)14-9-11-6-2-3-8-13(11)18-14/h4-5,7,11,13-14,18H,2-3,6,8-9H2,1H3,(H,19,20). The summed E-state index contributed by atoms with van der Waals surface area (Å²) < 4.78 is 0. The number of hydrogen-bond donors (Lipinski definition) is 2. The van der Waals surface area contributed by atoms with E-state index in [4.69, 9.17) is 11.6 Å². The number of carbonyl (C=O) groups excluding carboxylic acids is 1. The van der Waals surface area contributed by atoms with Crippen LogP contribution in [-0.2, 0) is 4.79 Å². The number of para-hydroxylation sites is 1. The summed E-state index contributed by atoms with van der Waals surface area (Å²) in [6, 6.07) is 6.14. The Morgan fingerprint density at radius 2 is 2.15 bits per heavy atom. The first-order valence-electron chi connectivity index (χ1n) is 7.47. The first-order chi connectivity index (χ1) is 9.65. The molecule has 2 aliphatic rings. The Bertz CT molecular complexity index is 483. The molecule has 1 saturated carbocycles. The summed E-state index contributed by atoms with van der Waals surface area (Å²) >= 11 is 6.17. The number of nitrogens with one attached hydrogen (secondary N) is 2.